The molecule has 2 atom stereocenters. The molecule has 0 aliphatic carbocycles. The Morgan fingerprint density at radius 3 is 2.19 bits per heavy atom. The van der Waals surface area contributed by atoms with E-state index in [1.165, 1.54) is 5.56 Å². The third-order valence-electron chi connectivity index (χ3n) is 2.87. The van der Waals surface area contributed by atoms with E-state index in [2.05, 4.69) is 6.92 Å². The van der Waals surface area contributed by atoms with Crippen molar-refractivity contribution in [3.8, 4) is 0 Å². The summed E-state index contributed by atoms with van der Waals surface area (Å²) in [5, 5.41) is 18.9. The summed E-state index contributed by atoms with van der Waals surface area (Å²) in [7, 11) is 0. The van der Waals surface area contributed by atoms with Gasteiger partial charge in [-0.1, -0.05) is 38.1 Å². The molecule has 0 saturated carbocycles. The minimum Gasteiger partial charge on any atom is -0.481 e. The fraction of sp³-hybridized carbons (Fsp3) is 0.462. The van der Waals surface area contributed by atoms with Crippen LogP contribution in [0.2, 0.25) is 0 Å². The van der Waals surface area contributed by atoms with E-state index in [0.29, 0.717) is 12.0 Å². The molecule has 88 valence electrons. The van der Waals surface area contributed by atoms with Crippen LogP contribution in [0.25, 0.3) is 0 Å². The molecule has 3 heteroatoms. The van der Waals surface area contributed by atoms with Gasteiger partial charge in [-0.3, -0.25) is 4.79 Å². The van der Waals surface area contributed by atoms with Crippen molar-refractivity contribution in [2.45, 2.75) is 32.8 Å². The van der Waals surface area contributed by atoms with Gasteiger partial charge in [-0.2, -0.15) is 0 Å². The zero-order valence-electron chi connectivity index (χ0n) is 9.68. The lowest BCUT2D eigenvalue weighted by atomic mass is 9.93. The molecular weight excluding hydrogens is 204 g/mol. The predicted molar refractivity (Wildman–Crippen MR) is 62.2 cm³/mol. The Balaban J connectivity index is 2.86. The van der Waals surface area contributed by atoms with Crippen LogP contribution in [0.4, 0.5) is 0 Å². The standard InChI is InChI=1S/C13H18O3/c1-3-9-5-7-10(8-6-9)12(14)11(4-2)13(15)16/h5-8,11-12,14H,3-4H2,1-2H3,(H,15,16). The summed E-state index contributed by atoms with van der Waals surface area (Å²) in [6.45, 7) is 3.82. The van der Waals surface area contributed by atoms with E-state index < -0.39 is 18.0 Å². The van der Waals surface area contributed by atoms with Gasteiger partial charge in [0.1, 0.15) is 0 Å². The van der Waals surface area contributed by atoms with Crippen LogP contribution in [0.1, 0.15) is 37.5 Å². The van der Waals surface area contributed by atoms with Crippen LogP contribution in [0.15, 0.2) is 24.3 Å². The Morgan fingerprint density at radius 1 is 1.25 bits per heavy atom. The minimum atomic E-state index is -0.949. The highest BCUT2D eigenvalue weighted by Crippen LogP contribution is 2.25. The maximum absolute atomic E-state index is 10.9. The molecule has 0 aromatic heterocycles. The highest BCUT2D eigenvalue weighted by molar-refractivity contribution is 5.71. The topological polar surface area (TPSA) is 57.5 Å². The number of hydrogen-bond acceptors (Lipinski definition) is 2. The maximum atomic E-state index is 10.9. The van der Waals surface area contributed by atoms with Gasteiger partial charge in [-0.25, -0.2) is 0 Å². The third-order valence-corrected chi connectivity index (χ3v) is 2.87. The van der Waals surface area contributed by atoms with Crippen molar-refractivity contribution >= 4 is 5.97 Å². The summed E-state index contributed by atoms with van der Waals surface area (Å²) < 4.78 is 0. The van der Waals surface area contributed by atoms with Crippen molar-refractivity contribution in [2.24, 2.45) is 5.92 Å². The molecule has 0 saturated heterocycles. The Morgan fingerprint density at radius 2 is 1.81 bits per heavy atom. The van der Waals surface area contributed by atoms with Crippen LogP contribution >= 0.6 is 0 Å². The second-order valence-electron chi connectivity index (χ2n) is 3.89. The molecule has 1 aromatic rings. The van der Waals surface area contributed by atoms with Gasteiger partial charge in [0.2, 0.25) is 0 Å². The van der Waals surface area contributed by atoms with E-state index in [-0.39, 0.29) is 0 Å². The monoisotopic (exact) mass is 222 g/mol. The number of aliphatic carboxylic acids is 1. The first-order valence-electron chi connectivity index (χ1n) is 5.59. The molecule has 0 bridgehead atoms. The lowest BCUT2D eigenvalue weighted by Gasteiger charge is -2.18. The predicted octanol–water partition coefficient (Wildman–Crippen LogP) is 2.39. The first-order chi connectivity index (χ1) is 7.60. The summed E-state index contributed by atoms with van der Waals surface area (Å²) in [5.74, 6) is -1.68. The highest BCUT2D eigenvalue weighted by atomic mass is 16.4. The summed E-state index contributed by atoms with van der Waals surface area (Å²) in [4.78, 5) is 10.9. The number of aliphatic hydroxyl groups excluding tert-OH is 1. The van der Waals surface area contributed by atoms with Gasteiger partial charge in [0.05, 0.1) is 12.0 Å². The van der Waals surface area contributed by atoms with Crippen molar-refractivity contribution < 1.29 is 15.0 Å². The van der Waals surface area contributed by atoms with Gasteiger partial charge in [-0.15, -0.1) is 0 Å². The first-order valence-corrected chi connectivity index (χ1v) is 5.59. The van der Waals surface area contributed by atoms with E-state index in [1.54, 1.807) is 19.1 Å². The number of rotatable bonds is 5. The molecule has 2 unspecified atom stereocenters. The van der Waals surface area contributed by atoms with Gasteiger partial charge in [0.15, 0.2) is 0 Å². The number of aliphatic hydroxyl groups is 1. The SMILES string of the molecule is CCc1ccc(C(O)C(CC)C(=O)O)cc1. The number of benzene rings is 1. The number of carboxylic acids is 1. The highest BCUT2D eigenvalue weighted by Gasteiger charge is 2.25. The van der Waals surface area contributed by atoms with Crippen molar-refractivity contribution in [1.29, 1.82) is 0 Å². The summed E-state index contributed by atoms with van der Waals surface area (Å²) in [6, 6.07) is 7.45. The molecule has 0 radical (unpaired) electrons. The van der Waals surface area contributed by atoms with E-state index in [9.17, 15) is 9.90 Å². The van der Waals surface area contributed by atoms with E-state index in [1.807, 2.05) is 12.1 Å². The van der Waals surface area contributed by atoms with Crippen molar-refractivity contribution in [3.63, 3.8) is 0 Å². The Kier molecular flexibility index (Phi) is 4.50. The Labute approximate surface area is 95.7 Å². The largest absolute Gasteiger partial charge is 0.481 e. The van der Waals surface area contributed by atoms with E-state index in [4.69, 9.17) is 5.11 Å². The summed E-state index contributed by atoms with van der Waals surface area (Å²) >= 11 is 0. The van der Waals surface area contributed by atoms with Gasteiger partial charge in [-0.05, 0) is 24.0 Å². The van der Waals surface area contributed by atoms with Crippen LogP contribution in [0.3, 0.4) is 0 Å². The van der Waals surface area contributed by atoms with Gasteiger partial charge >= 0.3 is 5.97 Å². The van der Waals surface area contributed by atoms with Crippen LogP contribution in [0, 0.1) is 5.92 Å². The van der Waals surface area contributed by atoms with Crippen LogP contribution < -0.4 is 0 Å². The van der Waals surface area contributed by atoms with Crippen LogP contribution in [-0.2, 0) is 11.2 Å². The molecule has 0 aliphatic rings. The number of hydrogen-bond donors (Lipinski definition) is 2. The van der Waals surface area contributed by atoms with Crippen LogP contribution in [0.5, 0.6) is 0 Å². The second-order valence-corrected chi connectivity index (χ2v) is 3.89. The molecule has 2 N–H and O–H groups in total. The summed E-state index contributed by atoms with van der Waals surface area (Å²) in [6.07, 6.45) is 0.437. The van der Waals surface area contributed by atoms with Crippen LogP contribution in [-0.4, -0.2) is 16.2 Å². The molecule has 3 nitrogen and oxygen atoms in total. The molecule has 0 fully saturated rings. The molecule has 0 amide bonds. The normalized spacial score (nSPS) is 14.4. The van der Waals surface area contributed by atoms with Gasteiger partial charge in [0.25, 0.3) is 0 Å². The zero-order valence-corrected chi connectivity index (χ0v) is 9.68. The van der Waals surface area contributed by atoms with Gasteiger partial charge in [0, 0.05) is 0 Å². The Bertz CT molecular complexity index is 343. The second kappa shape index (κ2) is 5.66. The quantitative estimate of drug-likeness (QED) is 0.804. The van der Waals surface area contributed by atoms with E-state index >= 15 is 0 Å². The number of carboxylic acid groups (broad SMARTS) is 1. The maximum Gasteiger partial charge on any atom is 0.309 e. The average molecular weight is 222 g/mol. The molecule has 0 aliphatic heterocycles. The molecule has 16 heavy (non-hydrogen) atoms. The Hall–Kier alpha value is -1.35. The molecular formula is C13H18O3. The van der Waals surface area contributed by atoms with Crippen molar-refractivity contribution in [2.75, 3.05) is 0 Å². The smallest absolute Gasteiger partial charge is 0.309 e. The number of carbonyl (C=O) groups is 1. The lowest BCUT2D eigenvalue weighted by molar-refractivity contribution is -0.146. The van der Waals surface area contributed by atoms with Crippen molar-refractivity contribution in [1.82, 2.24) is 0 Å². The molecule has 0 heterocycles. The lowest BCUT2D eigenvalue weighted by Crippen LogP contribution is -2.21. The average Bonchev–Trinajstić information content (AvgIpc) is 2.29. The fourth-order valence-corrected chi connectivity index (χ4v) is 1.72. The summed E-state index contributed by atoms with van der Waals surface area (Å²) in [5.41, 5.74) is 1.85. The molecule has 0 spiro atoms. The third kappa shape index (κ3) is 2.83. The molecule has 1 aromatic carbocycles. The van der Waals surface area contributed by atoms with E-state index in [0.717, 1.165) is 6.42 Å². The molecule has 1 rings (SSSR count). The fourth-order valence-electron chi connectivity index (χ4n) is 1.72. The first kappa shape index (κ1) is 12.7. The van der Waals surface area contributed by atoms with Crippen molar-refractivity contribution in [3.05, 3.63) is 35.4 Å². The zero-order chi connectivity index (χ0) is 12.1. The number of aryl methyl sites for hydroxylation is 1. The van der Waals surface area contributed by atoms with Gasteiger partial charge < -0.3 is 10.2 Å². The minimum absolute atomic E-state index is 0.423.